The summed E-state index contributed by atoms with van der Waals surface area (Å²) in [7, 11) is 0. The summed E-state index contributed by atoms with van der Waals surface area (Å²) in [6, 6.07) is 12.0. The Balaban J connectivity index is 2.16. The Hall–Kier alpha value is -3.02. The molecule has 0 atom stereocenters. The zero-order chi connectivity index (χ0) is 18.4. The summed E-state index contributed by atoms with van der Waals surface area (Å²) >= 11 is 0. The number of alkyl halides is 3. The number of hydrogen-bond donors (Lipinski definition) is 2. The molecule has 0 bridgehead atoms. The van der Waals surface area contributed by atoms with Gasteiger partial charge in [0.1, 0.15) is 0 Å². The van der Waals surface area contributed by atoms with E-state index in [1.165, 1.54) is 18.2 Å². The molecule has 0 aliphatic rings. The smallest absolute Gasteiger partial charge is 0.355 e. The van der Waals surface area contributed by atoms with Gasteiger partial charge in [-0.05, 0) is 42.0 Å². The van der Waals surface area contributed by atoms with Crippen LogP contribution in [-0.2, 0) is 11.0 Å². The van der Waals surface area contributed by atoms with Crippen LogP contribution >= 0.6 is 0 Å². The van der Waals surface area contributed by atoms with Crippen LogP contribution < -0.4 is 10.6 Å². The molecule has 0 radical (unpaired) electrons. The summed E-state index contributed by atoms with van der Waals surface area (Å²) in [5.41, 5.74) is 1.91. The third-order valence-corrected chi connectivity index (χ3v) is 3.46. The second-order valence-electron chi connectivity index (χ2n) is 5.27. The lowest BCUT2D eigenvalue weighted by Crippen LogP contribution is -2.22. The van der Waals surface area contributed by atoms with Crippen LogP contribution in [0.5, 0.6) is 0 Å². The molecule has 130 valence electrons. The number of benzene rings is 2. The molecule has 0 saturated carbocycles. The highest BCUT2D eigenvalue weighted by molar-refractivity contribution is 5.89. The van der Waals surface area contributed by atoms with Crippen LogP contribution in [-0.4, -0.2) is 12.5 Å². The van der Waals surface area contributed by atoms with Crippen LogP contribution in [0.25, 0.3) is 5.57 Å². The van der Waals surface area contributed by atoms with E-state index in [9.17, 15) is 18.0 Å². The highest BCUT2D eigenvalue weighted by Crippen LogP contribution is 2.31. The van der Waals surface area contributed by atoms with Crippen molar-refractivity contribution >= 4 is 22.9 Å². The Kier molecular flexibility index (Phi) is 5.64. The molecule has 0 aliphatic carbocycles. The maximum Gasteiger partial charge on any atom is 0.416 e. The lowest BCUT2D eigenvalue weighted by Gasteiger charge is -2.15. The van der Waals surface area contributed by atoms with Crippen molar-refractivity contribution in [2.45, 2.75) is 6.18 Å². The van der Waals surface area contributed by atoms with Gasteiger partial charge in [-0.1, -0.05) is 31.4 Å². The van der Waals surface area contributed by atoms with Crippen LogP contribution in [0, 0.1) is 0 Å². The quantitative estimate of drug-likeness (QED) is 0.740. The monoisotopic (exact) mass is 346 g/mol. The zero-order valence-corrected chi connectivity index (χ0v) is 13.4. The van der Waals surface area contributed by atoms with E-state index in [1.807, 2.05) is 12.1 Å². The first-order chi connectivity index (χ1) is 11.8. The van der Waals surface area contributed by atoms with Crippen molar-refractivity contribution in [3.63, 3.8) is 0 Å². The molecular formula is C19H17F3N2O. The van der Waals surface area contributed by atoms with E-state index in [0.29, 0.717) is 16.9 Å². The van der Waals surface area contributed by atoms with Crippen LogP contribution in [0.1, 0.15) is 11.1 Å². The van der Waals surface area contributed by atoms with Gasteiger partial charge in [0.25, 0.3) is 0 Å². The number of para-hydroxylation sites is 1. The Labute approximate surface area is 143 Å². The fourth-order valence-corrected chi connectivity index (χ4v) is 2.16. The fraction of sp³-hybridized carbons (Fsp3) is 0.105. The van der Waals surface area contributed by atoms with Gasteiger partial charge in [-0.3, -0.25) is 4.79 Å². The number of rotatable bonds is 6. The highest BCUT2D eigenvalue weighted by atomic mass is 19.4. The van der Waals surface area contributed by atoms with E-state index >= 15 is 0 Å². The molecule has 1 amide bonds. The SMILES string of the molecule is C=CC(=O)NCC(=C)c1ccccc1Nc1ccc(C(F)(F)F)cc1. The molecule has 3 nitrogen and oxygen atoms in total. The molecule has 2 aromatic carbocycles. The second kappa shape index (κ2) is 7.70. The summed E-state index contributed by atoms with van der Waals surface area (Å²) in [5, 5.41) is 5.71. The average Bonchev–Trinajstić information content (AvgIpc) is 2.59. The van der Waals surface area contributed by atoms with Crippen LogP contribution in [0.4, 0.5) is 24.5 Å². The summed E-state index contributed by atoms with van der Waals surface area (Å²) in [4.78, 5) is 11.3. The number of halogens is 3. The molecule has 2 N–H and O–H groups in total. The van der Waals surface area contributed by atoms with Gasteiger partial charge in [0.05, 0.1) is 5.56 Å². The minimum Gasteiger partial charge on any atom is -0.355 e. The Bertz CT molecular complexity index is 780. The third kappa shape index (κ3) is 4.97. The summed E-state index contributed by atoms with van der Waals surface area (Å²) < 4.78 is 37.9. The van der Waals surface area contributed by atoms with Gasteiger partial charge >= 0.3 is 6.18 Å². The molecule has 0 aliphatic heterocycles. The van der Waals surface area contributed by atoms with Crippen LogP contribution in [0.15, 0.2) is 67.8 Å². The van der Waals surface area contributed by atoms with Crippen LogP contribution in [0.2, 0.25) is 0 Å². The van der Waals surface area contributed by atoms with Crippen molar-refractivity contribution in [3.8, 4) is 0 Å². The molecule has 0 saturated heterocycles. The molecule has 0 aromatic heterocycles. The molecular weight excluding hydrogens is 329 g/mol. The van der Waals surface area contributed by atoms with E-state index in [0.717, 1.165) is 17.7 Å². The molecule has 2 rings (SSSR count). The Morgan fingerprint density at radius 2 is 1.72 bits per heavy atom. The van der Waals surface area contributed by atoms with Gasteiger partial charge in [0.2, 0.25) is 5.91 Å². The van der Waals surface area contributed by atoms with E-state index in [1.54, 1.807) is 12.1 Å². The first kappa shape index (κ1) is 18.3. The van der Waals surface area contributed by atoms with Crippen molar-refractivity contribution < 1.29 is 18.0 Å². The van der Waals surface area contributed by atoms with E-state index in [4.69, 9.17) is 0 Å². The Morgan fingerprint density at radius 1 is 1.08 bits per heavy atom. The molecule has 6 heteroatoms. The van der Waals surface area contributed by atoms with Crippen molar-refractivity contribution in [1.82, 2.24) is 5.32 Å². The third-order valence-electron chi connectivity index (χ3n) is 3.46. The standard InChI is InChI=1S/C19H17F3N2O/c1-3-18(25)23-12-13(2)16-6-4-5-7-17(16)24-15-10-8-14(9-11-15)19(20,21)22/h3-11,24H,1-2,12H2,(H,23,25). The summed E-state index contributed by atoms with van der Waals surface area (Å²) in [6.45, 7) is 7.55. The molecule has 2 aromatic rings. The van der Waals surface area contributed by atoms with Gasteiger partial charge in [-0.2, -0.15) is 13.2 Å². The largest absolute Gasteiger partial charge is 0.416 e. The van der Waals surface area contributed by atoms with Gasteiger partial charge in [0.15, 0.2) is 0 Å². The number of hydrogen-bond acceptors (Lipinski definition) is 2. The number of amides is 1. The topological polar surface area (TPSA) is 41.1 Å². The predicted octanol–water partition coefficient (Wildman–Crippen LogP) is 4.76. The van der Waals surface area contributed by atoms with Crippen molar-refractivity contribution in [1.29, 1.82) is 0 Å². The van der Waals surface area contributed by atoms with Crippen molar-refractivity contribution in [2.24, 2.45) is 0 Å². The summed E-state index contributed by atoms with van der Waals surface area (Å²) in [6.07, 6.45) is -3.20. The van der Waals surface area contributed by atoms with Gasteiger partial charge in [-0.25, -0.2) is 0 Å². The molecule has 25 heavy (non-hydrogen) atoms. The molecule has 0 fully saturated rings. The lowest BCUT2D eigenvalue weighted by molar-refractivity contribution is -0.137. The first-order valence-corrected chi connectivity index (χ1v) is 7.43. The van der Waals surface area contributed by atoms with E-state index < -0.39 is 11.7 Å². The molecule has 0 spiro atoms. The zero-order valence-electron chi connectivity index (χ0n) is 13.4. The first-order valence-electron chi connectivity index (χ1n) is 7.43. The van der Waals surface area contributed by atoms with Crippen molar-refractivity contribution in [3.05, 3.63) is 78.9 Å². The lowest BCUT2D eigenvalue weighted by atomic mass is 10.0. The molecule has 0 heterocycles. The number of anilines is 2. The van der Waals surface area contributed by atoms with E-state index in [2.05, 4.69) is 23.8 Å². The van der Waals surface area contributed by atoms with Gasteiger partial charge in [0, 0.05) is 23.5 Å². The summed E-state index contributed by atoms with van der Waals surface area (Å²) in [5.74, 6) is -0.311. The highest BCUT2D eigenvalue weighted by Gasteiger charge is 2.29. The van der Waals surface area contributed by atoms with Gasteiger partial charge < -0.3 is 10.6 Å². The minimum atomic E-state index is -4.37. The van der Waals surface area contributed by atoms with Gasteiger partial charge in [-0.15, -0.1) is 0 Å². The average molecular weight is 346 g/mol. The predicted molar refractivity (Wildman–Crippen MR) is 93.4 cm³/mol. The minimum absolute atomic E-state index is 0.233. The normalized spacial score (nSPS) is 10.8. The maximum absolute atomic E-state index is 12.6. The van der Waals surface area contributed by atoms with Crippen molar-refractivity contribution in [2.75, 3.05) is 11.9 Å². The molecule has 0 unspecified atom stereocenters. The maximum atomic E-state index is 12.6. The number of carbonyl (C=O) groups is 1. The second-order valence-corrected chi connectivity index (χ2v) is 5.27. The number of nitrogens with one attached hydrogen (secondary N) is 2. The number of carbonyl (C=O) groups excluding carboxylic acids is 1. The van der Waals surface area contributed by atoms with E-state index in [-0.39, 0.29) is 12.5 Å². The van der Waals surface area contributed by atoms with Crippen LogP contribution in [0.3, 0.4) is 0 Å². The Morgan fingerprint density at radius 3 is 2.32 bits per heavy atom. The fourth-order valence-electron chi connectivity index (χ4n) is 2.16.